The van der Waals surface area contributed by atoms with Crippen LogP contribution in [0, 0.1) is 0 Å². The number of rotatable bonds is 4. The summed E-state index contributed by atoms with van der Waals surface area (Å²) in [6, 6.07) is 7.02. The van der Waals surface area contributed by atoms with Crippen molar-refractivity contribution in [2.75, 3.05) is 6.61 Å². The summed E-state index contributed by atoms with van der Waals surface area (Å²) in [5.74, 6) is -2.00. The standard InChI is InChI=1S/C21H26O7/c1-6-12-7-9-13(10-8-12)18(22)23-11-14-15-16(26-20(2,3)25-15)17-19(24-14)28-21(4,5)27-17/h6-10,14-17,19H,1,11H2,2-5H3/t14-,15+,16+,17-,19-/m1/s1. The average Bonchev–Trinajstić information content (AvgIpc) is 3.13. The van der Waals surface area contributed by atoms with E-state index in [4.69, 9.17) is 28.4 Å². The van der Waals surface area contributed by atoms with Crippen molar-refractivity contribution < 1.29 is 33.2 Å². The summed E-state index contributed by atoms with van der Waals surface area (Å²) in [6.45, 7) is 11.1. The minimum atomic E-state index is -0.785. The monoisotopic (exact) mass is 390 g/mol. The summed E-state index contributed by atoms with van der Waals surface area (Å²) in [4.78, 5) is 12.4. The lowest BCUT2D eigenvalue weighted by molar-refractivity contribution is -0.240. The minimum Gasteiger partial charge on any atom is -0.459 e. The topological polar surface area (TPSA) is 72.5 Å². The summed E-state index contributed by atoms with van der Waals surface area (Å²) < 4.78 is 35.4. The van der Waals surface area contributed by atoms with Crippen LogP contribution in [0.5, 0.6) is 0 Å². The van der Waals surface area contributed by atoms with Gasteiger partial charge in [0, 0.05) is 0 Å². The Morgan fingerprint density at radius 2 is 1.61 bits per heavy atom. The summed E-state index contributed by atoms with van der Waals surface area (Å²) >= 11 is 0. The molecule has 3 saturated heterocycles. The highest BCUT2D eigenvalue weighted by molar-refractivity contribution is 5.89. The van der Waals surface area contributed by atoms with E-state index in [2.05, 4.69) is 6.58 Å². The molecule has 3 fully saturated rings. The van der Waals surface area contributed by atoms with E-state index in [1.165, 1.54) is 0 Å². The van der Waals surface area contributed by atoms with Crippen LogP contribution in [0.15, 0.2) is 30.8 Å². The second kappa shape index (κ2) is 6.93. The summed E-state index contributed by atoms with van der Waals surface area (Å²) in [6.07, 6.45) is -0.617. The fraction of sp³-hybridized carbons (Fsp3) is 0.571. The van der Waals surface area contributed by atoms with Gasteiger partial charge in [0.25, 0.3) is 0 Å². The third-order valence-corrected chi connectivity index (χ3v) is 5.01. The van der Waals surface area contributed by atoms with Crippen molar-refractivity contribution in [1.29, 1.82) is 0 Å². The first-order valence-corrected chi connectivity index (χ1v) is 9.44. The van der Waals surface area contributed by atoms with Gasteiger partial charge in [0.1, 0.15) is 31.0 Å². The van der Waals surface area contributed by atoms with Crippen molar-refractivity contribution in [3.05, 3.63) is 42.0 Å². The number of hydrogen-bond acceptors (Lipinski definition) is 7. The smallest absolute Gasteiger partial charge is 0.338 e. The number of carbonyl (C=O) groups is 1. The molecule has 0 bridgehead atoms. The van der Waals surface area contributed by atoms with Crippen LogP contribution >= 0.6 is 0 Å². The van der Waals surface area contributed by atoms with E-state index >= 15 is 0 Å². The molecule has 0 aliphatic carbocycles. The first-order valence-electron chi connectivity index (χ1n) is 9.44. The number of carbonyl (C=O) groups excluding carboxylic acids is 1. The lowest BCUT2D eigenvalue weighted by Crippen LogP contribution is -2.56. The second-order valence-corrected chi connectivity index (χ2v) is 8.13. The molecule has 1 aromatic carbocycles. The van der Waals surface area contributed by atoms with Gasteiger partial charge in [-0.05, 0) is 45.4 Å². The van der Waals surface area contributed by atoms with Crippen LogP contribution in [0.3, 0.4) is 0 Å². The van der Waals surface area contributed by atoms with E-state index in [-0.39, 0.29) is 12.7 Å². The van der Waals surface area contributed by atoms with Gasteiger partial charge in [-0.2, -0.15) is 0 Å². The Morgan fingerprint density at radius 1 is 1.00 bits per heavy atom. The highest BCUT2D eigenvalue weighted by Gasteiger charge is 2.60. The molecule has 3 aliphatic heterocycles. The van der Waals surface area contributed by atoms with Crippen LogP contribution in [-0.4, -0.2) is 54.9 Å². The van der Waals surface area contributed by atoms with Crippen molar-refractivity contribution >= 4 is 12.0 Å². The molecule has 0 saturated carbocycles. The van der Waals surface area contributed by atoms with Crippen LogP contribution in [0.1, 0.15) is 43.6 Å². The normalized spacial score (nSPS) is 35.1. The molecule has 7 nitrogen and oxygen atoms in total. The zero-order chi connectivity index (χ0) is 20.1. The van der Waals surface area contributed by atoms with Gasteiger partial charge in [0.2, 0.25) is 0 Å². The Kier molecular flexibility index (Phi) is 4.84. The highest BCUT2D eigenvalue weighted by Crippen LogP contribution is 2.44. The number of fused-ring (bicyclic) bond motifs is 3. The molecular formula is C21H26O7. The molecule has 0 spiro atoms. The zero-order valence-corrected chi connectivity index (χ0v) is 16.5. The fourth-order valence-electron chi connectivity index (χ4n) is 3.82. The Bertz CT molecular complexity index is 755. The quantitative estimate of drug-likeness (QED) is 0.732. The molecule has 1 aromatic rings. The Balaban J connectivity index is 1.46. The van der Waals surface area contributed by atoms with Crippen LogP contribution in [0.25, 0.3) is 6.08 Å². The maximum atomic E-state index is 12.4. The van der Waals surface area contributed by atoms with Gasteiger partial charge < -0.3 is 28.4 Å². The molecule has 0 unspecified atom stereocenters. The molecule has 0 radical (unpaired) electrons. The summed E-state index contributed by atoms with van der Waals surface area (Å²) in [5.41, 5.74) is 1.39. The summed E-state index contributed by atoms with van der Waals surface area (Å²) in [5, 5.41) is 0. The minimum absolute atomic E-state index is 0.0235. The lowest BCUT2D eigenvalue weighted by Gasteiger charge is -2.36. The van der Waals surface area contributed by atoms with Crippen LogP contribution in [0.4, 0.5) is 0 Å². The van der Waals surface area contributed by atoms with Crippen LogP contribution in [-0.2, 0) is 28.4 Å². The number of ether oxygens (including phenoxy) is 6. The Morgan fingerprint density at radius 3 is 2.29 bits per heavy atom. The van der Waals surface area contributed by atoms with E-state index in [1.54, 1.807) is 18.2 Å². The number of esters is 1. The second-order valence-electron chi connectivity index (χ2n) is 8.13. The maximum Gasteiger partial charge on any atom is 0.338 e. The van der Waals surface area contributed by atoms with Crippen molar-refractivity contribution in [3.63, 3.8) is 0 Å². The third kappa shape index (κ3) is 3.73. The third-order valence-electron chi connectivity index (χ3n) is 5.01. The first kappa shape index (κ1) is 19.5. The van der Waals surface area contributed by atoms with Crippen LogP contribution in [0.2, 0.25) is 0 Å². The van der Waals surface area contributed by atoms with Crippen molar-refractivity contribution in [1.82, 2.24) is 0 Å². The first-order chi connectivity index (χ1) is 13.2. The Labute approximate surface area is 164 Å². The molecule has 7 heteroatoms. The predicted molar refractivity (Wildman–Crippen MR) is 99.3 cm³/mol. The molecule has 3 heterocycles. The molecule has 0 amide bonds. The average molecular weight is 390 g/mol. The number of hydrogen-bond donors (Lipinski definition) is 0. The van der Waals surface area contributed by atoms with Gasteiger partial charge >= 0.3 is 5.97 Å². The van der Waals surface area contributed by atoms with Crippen molar-refractivity contribution in [2.24, 2.45) is 0 Å². The number of benzene rings is 1. The van der Waals surface area contributed by atoms with E-state index in [0.29, 0.717) is 5.56 Å². The Hall–Kier alpha value is -1.77. The van der Waals surface area contributed by atoms with Crippen molar-refractivity contribution in [2.45, 2.75) is 70.0 Å². The van der Waals surface area contributed by atoms with E-state index < -0.39 is 42.1 Å². The van der Waals surface area contributed by atoms with Crippen molar-refractivity contribution in [3.8, 4) is 0 Å². The van der Waals surface area contributed by atoms with Gasteiger partial charge in [0.05, 0.1) is 5.56 Å². The zero-order valence-electron chi connectivity index (χ0n) is 16.5. The van der Waals surface area contributed by atoms with E-state index in [0.717, 1.165) is 5.56 Å². The largest absolute Gasteiger partial charge is 0.459 e. The van der Waals surface area contributed by atoms with Gasteiger partial charge in [-0.3, -0.25) is 0 Å². The molecule has 3 aliphatic rings. The SMILES string of the molecule is C=Cc1ccc(C(=O)OC[C@H]2O[C@@H]3OC(C)(C)O[C@@H]3[C@H]3OC(C)(C)O[C@H]32)cc1. The molecule has 28 heavy (non-hydrogen) atoms. The molecular weight excluding hydrogens is 364 g/mol. The maximum absolute atomic E-state index is 12.4. The van der Waals surface area contributed by atoms with Gasteiger partial charge in [-0.25, -0.2) is 4.79 Å². The molecule has 0 N–H and O–H groups in total. The van der Waals surface area contributed by atoms with E-state index in [9.17, 15) is 4.79 Å². The van der Waals surface area contributed by atoms with Gasteiger partial charge in [-0.1, -0.05) is 24.8 Å². The van der Waals surface area contributed by atoms with Gasteiger partial charge in [-0.15, -0.1) is 0 Å². The fourth-order valence-corrected chi connectivity index (χ4v) is 3.82. The predicted octanol–water partition coefficient (Wildman–Crippen LogP) is 2.88. The van der Waals surface area contributed by atoms with Gasteiger partial charge in [0.15, 0.2) is 17.9 Å². The molecule has 5 atom stereocenters. The van der Waals surface area contributed by atoms with Crippen LogP contribution < -0.4 is 0 Å². The molecule has 4 rings (SSSR count). The highest BCUT2D eigenvalue weighted by atomic mass is 16.9. The lowest BCUT2D eigenvalue weighted by atomic mass is 9.99. The molecule has 0 aromatic heterocycles. The van der Waals surface area contributed by atoms with E-state index in [1.807, 2.05) is 39.8 Å². The summed E-state index contributed by atoms with van der Waals surface area (Å²) in [7, 11) is 0. The molecule has 152 valence electrons.